The minimum Gasteiger partial charge on any atom is -0.339 e. The van der Waals surface area contributed by atoms with Gasteiger partial charge in [-0.2, -0.15) is 17.6 Å². The van der Waals surface area contributed by atoms with Gasteiger partial charge in [0, 0.05) is 31.8 Å². The second kappa shape index (κ2) is 6.24. The van der Waals surface area contributed by atoms with Gasteiger partial charge in [0.15, 0.2) is 0 Å². The topological polar surface area (TPSA) is 33.2 Å². The fourth-order valence-corrected chi connectivity index (χ4v) is 2.17. The number of halogens is 4. The maximum absolute atomic E-state index is 13.0. The summed E-state index contributed by atoms with van der Waals surface area (Å²) in [5, 5.41) is 0. The van der Waals surface area contributed by atoms with E-state index in [0.717, 1.165) is 5.57 Å². The molecule has 0 spiro atoms. The Morgan fingerprint density at radius 1 is 1.38 bits per heavy atom. The van der Waals surface area contributed by atoms with Crippen molar-refractivity contribution in [2.75, 3.05) is 13.1 Å². The Bertz CT molecular complexity index is 554. The van der Waals surface area contributed by atoms with E-state index < -0.39 is 30.9 Å². The van der Waals surface area contributed by atoms with Crippen molar-refractivity contribution in [1.29, 1.82) is 0 Å². The highest BCUT2D eigenvalue weighted by Gasteiger charge is 2.29. The standard InChI is InChI=1S/C14H14F4N2O/c15-12-9-11(2-6-19-12)10-3-7-20(8-4-10)13(21)1-5-14(16,17)18/h2-3,6,9H,1,4-5,7-8H2. The van der Waals surface area contributed by atoms with E-state index in [1.54, 1.807) is 12.1 Å². The van der Waals surface area contributed by atoms with Crippen molar-refractivity contribution in [2.45, 2.75) is 25.4 Å². The van der Waals surface area contributed by atoms with Gasteiger partial charge in [-0.3, -0.25) is 4.79 Å². The lowest BCUT2D eigenvalue weighted by Crippen LogP contribution is -2.35. The van der Waals surface area contributed by atoms with Crippen LogP contribution in [0.1, 0.15) is 24.8 Å². The number of aromatic nitrogens is 1. The molecule has 2 heterocycles. The first-order chi connectivity index (χ1) is 9.85. The van der Waals surface area contributed by atoms with E-state index in [1.165, 1.54) is 17.2 Å². The van der Waals surface area contributed by atoms with Crippen molar-refractivity contribution in [2.24, 2.45) is 0 Å². The van der Waals surface area contributed by atoms with Crippen LogP contribution in [-0.4, -0.2) is 35.1 Å². The molecule has 2 rings (SSSR count). The highest BCUT2D eigenvalue weighted by atomic mass is 19.4. The maximum atomic E-state index is 13.0. The number of pyridine rings is 1. The Morgan fingerprint density at radius 3 is 2.71 bits per heavy atom. The summed E-state index contributed by atoms with van der Waals surface area (Å²) in [4.78, 5) is 16.5. The van der Waals surface area contributed by atoms with E-state index in [-0.39, 0.29) is 6.54 Å². The van der Waals surface area contributed by atoms with Gasteiger partial charge in [0.2, 0.25) is 11.9 Å². The summed E-state index contributed by atoms with van der Waals surface area (Å²) in [5.41, 5.74) is 1.56. The monoisotopic (exact) mass is 302 g/mol. The zero-order chi connectivity index (χ0) is 15.5. The number of hydrogen-bond acceptors (Lipinski definition) is 2. The molecule has 0 aromatic carbocycles. The van der Waals surface area contributed by atoms with E-state index in [4.69, 9.17) is 0 Å². The molecule has 0 saturated heterocycles. The molecule has 0 unspecified atom stereocenters. The van der Waals surface area contributed by atoms with Crippen molar-refractivity contribution in [1.82, 2.24) is 9.88 Å². The molecule has 114 valence electrons. The molecule has 0 saturated carbocycles. The zero-order valence-electron chi connectivity index (χ0n) is 11.2. The van der Waals surface area contributed by atoms with E-state index in [0.29, 0.717) is 18.5 Å². The molecule has 0 radical (unpaired) electrons. The molecule has 21 heavy (non-hydrogen) atoms. The van der Waals surface area contributed by atoms with Crippen LogP contribution in [0.5, 0.6) is 0 Å². The van der Waals surface area contributed by atoms with Crippen LogP contribution < -0.4 is 0 Å². The van der Waals surface area contributed by atoms with Crippen molar-refractivity contribution in [3.8, 4) is 0 Å². The van der Waals surface area contributed by atoms with Crippen molar-refractivity contribution in [3.63, 3.8) is 0 Å². The van der Waals surface area contributed by atoms with Gasteiger partial charge in [-0.15, -0.1) is 0 Å². The van der Waals surface area contributed by atoms with Gasteiger partial charge in [-0.05, 0) is 23.6 Å². The Hall–Kier alpha value is -1.92. The molecule has 0 N–H and O–H groups in total. The van der Waals surface area contributed by atoms with Crippen LogP contribution in [0, 0.1) is 5.95 Å². The first-order valence-corrected chi connectivity index (χ1v) is 6.50. The third-order valence-corrected chi connectivity index (χ3v) is 3.28. The smallest absolute Gasteiger partial charge is 0.339 e. The van der Waals surface area contributed by atoms with Gasteiger partial charge in [0.1, 0.15) is 0 Å². The van der Waals surface area contributed by atoms with E-state index in [9.17, 15) is 22.4 Å². The number of rotatable bonds is 3. The quantitative estimate of drug-likeness (QED) is 0.634. The van der Waals surface area contributed by atoms with Crippen LogP contribution in [0.25, 0.3) is 5.57 Å². The summed E-state index contributed by atoms with van der Waals surface area (Å²) in [7, 11) is 0. The lowest BCUT2D eigenvalue weighted by Gasteiger charge is -2.27. The molecular formula is C14H14F4N2O. The highest BCUT2D eigenvalue weighted by Crippen LogP contribution is 2.25. The van der Waals surface area contributed by atoms with E-state index >= 15 is 0 Å². The number of amides is 1. The second-order valence-electron chi connectivity index (χ2n) is 4.80. The minimum absolute atomic E-state index is 0.246. The summed E-state index contributed by atoms with van der Waals surface area (Å²) in [6.07, 6.45) is -2.37. The predicted octanol–water partition coefficient (Wildman–Crippen LogP) is 3.18. The van der Waals surface area contributed by atoms with E-state index in [2.05, 4.69) is 4.98 Å². The molecule has 1 aliphatic rings. The first kappa shape index (κ1) is 15.5. The number of nitrogens with zero attached hydrogens (tertiary/aromatic N) is 2. The third-order valence-electron chi connectivity index (χ3n) is 3.28. The van der Waals surface area contributed by atoms with Crippen LogP contribution in [0.15, 0.2) is 24.4 Å². The average molecular weight is 302 g/mol. The summed E-state index contributed by atoms with van der Waals surface area (Å²) >= 11 is 0. The van der Waals surface area contributed by atoms with Crippen LogP contribution in [0.2, 0.25) is 0 Å². The van der Waals surface area contributed by atoms with Gasteiger partial charge in [-0.1, -0.05) is 6.08 Å². The van der Waals surface area contributed by atoms with Crippen LogP contribution >= 0.6 is 0 Å². The van der Waals surface area contributed by atoms with Gasteiger partial charge < -0.3 is 4.90 Å². The Morgan fingerprint density at radius 2 is 2.14 bits per heavy atom. The molecule has 7 heteroatoms. The van der Waals surface area contributed by atoms with Gasteiger partial charge in [0.05, 0.1) is 6.42 Å². The van der Waals surface area contributed by atoms with Crippen LogP contribution in [0.3, 0.4) is 0 Å². The van der Waals surface area contributed by atoms with Gasteiger partial charge >= 0.3 is 6.18 Å². The second-order valence-corrected chi connectivity index (χ2v) is 4.80. The van der Waals surface area contributed by atoms with Crippen molar-refractivity contribution < 1.29 is 22.4 Å². The summed E-state index contributed by atoms with van der Waals surface area (Å²) in [5.74, 6) is -1.10. The number of hydrogen-bond donors (Lipinski definition) is 0. The molecular weight excluding hydrogens is 288 g/mol. The third kappa shape index (κ3) is 4.54. The minimum atomic E-state index is -4.32. The average Bonchev–Trinajstić information content (AvgIpc) is 2.44. The Labute approximate surface area is 119 Å². The van der Waals surface area contributed by atoms with Crippen LogP contribution in [-0.2, 0) is 4.79 Å². The summed E-state index contributed by atoms with van der Waals surface area (Å²) in [6, 6.07) is 2.96. The molecule has 0 bridgehead atoms. The number of carbonyl (C=O) groups is 1. The molecule has 0 aliphatic carbocycles. The molecule has 1 aliphatic heterocycles. The molecule has 1 aromatic rings. The highest BCUT2D eigenvalue weighted by molar-refractivity contribution is 5.78. The van der Waals surface area contributed by atoms with E-state index in [1.807, 2.05) is 0 Å². The number of carbonyl (C=O) groups excluding carboxylic acids is 1. The fraction of sp³-hybridized carbons (Fsp3) is 0.429. The van der Waals surface area contributed by atoms with Crippen LogP contribution in [0.4, 0.5) is 17.6 Å². The molecule has 1 aromatic heterocycles. The largest absolute Gasteiger partial charge is 0.389 e. The normalized spacial score (nSPS) is 15.8. The summed E-state index contributed by atoms with van der Waals surface area (Å²) < 4.78 is 49.3. The molecule has 0 fully saturated rings. The van der Waals surface area contributed by atoms with Gasteiger partial charge in [-0.25, -0.2) is 4.98 Å². The molecule has 0 atom stereocenters. The van der Waals surface area contributed by atoms with Crippen molar-refractivity contribution >= 4 is 11.5 Å². The first-order valence-electron chi connectivity index (χ1n) is 6.50. The Kier molecular flexibility index (Phi) is 4.59. The Balaban J connectivity index is 1.94. The lowest BCUT2D eigenvalue weighted by molar-refractivity contribution is -0.148. The van der Waals surface area contributed by atoms with Crippen molar-refractivity contribution in [3.05, 3.63) is 35.9 Å². The zero-order valence-corrected chi connectivity index (χ0v) is 11.2. The molecule has 1 amide bonds. The fourth-order valence-electron chi connectivity index (χ4n) is 2.17. The van der Waals surface area contributed by atoms with Gasteiger partial charge in [0.25, 0.3) is 0 Å². The molecule has 3 nitrogen and oxygen atoms in total. The predicted molar refractivity (Wildman–Crippen MR) is 68.7 cm³/mol. The maximum Gasteiger partial charge on any atom is 0.389 e. The number of alkyl halides is 3. The summed E-state index contributed by atoms with van der Waals surface area (Å²) in [6.45, 7) is 0.586. The lowest BCUT2D eigenvalue weighted by atomic mass is 10.0. The SMILES string of the molecule is O=C(CCC(F)(F)F)N1CC=C(c2ccnc(F)c2)CC1.